The Morgan fingerprint density at radius 2 is 1.62 bits per heavy atom. The molecule has 0 saturated heterocycles. The molecular weight excluding hydrogens is 236 g/mol. The van der Waals surface area contributed by atoms with Crippen molar-refractivity contribution < 1.29 is 24.5 Å². The van der Waals surface area contributed by atoms with Crippen molar-refractivity contribution in [1.29, 1.82) is 0 Å². The van der Waals surface area contributed by atoms with E-state index in [4.69, 9.17) is 36.1 Å². The molecule has 0 spiro atoms. The van der Waals surface area contributed by atoms with Gasteiger partial charge in [0.15, 0.2) is 6.29 Å². The Balaban J connectivity index is 0. The van der Waals surface area contributed by atoms with Crippen LogP contribution in [0, 0.1) is 5.41 Å². The summed E-state index contributed by atoms with van der Waals surface area (Å²) in [4.78, 5) is 8.56. The van der Waals surface area contributed by atoms with Crippen LogP contribution in [-0.2, 0) is 9.47 Å². The Labute approximate surface area is 101 Å². The fourth-order valence-electron chi connectivity index (χ4n) is 0.899. The van der Waals surface area contributed by atoms with E-state index in [1.165, 1.54) is 0 Å². The van der Waals surface area contributed by atoms with Gasteiger partial charge in [-0.25, -0.2) is 4.79 Å². The zero-order valence-electron chi connectivity index (χ0n) is 10.4. The average Bonchev–Trinajstić information content (AvgIpc) is 2.18. The van der Waals surface area contributed by atoms with Crippen LogP contribution in [-0.4, -0.2) is 42.3 Å². The predicted octanol–water partition coefficient (Wildman–Crippen LogP) is 2.87. The first-order valence-corrected chi connectivity index (χ1v) is 5.28. The van der Waals surface area contributed by atoms with E-state index in [9.17, 15) is 0 Å². The van der Waals surface area contributed by atoms with Gasteiger partial charge < -0.3 is 19.7 Å². The molecule has 0 bridgehead atoms. The predicted molar refractivity (Wildman–Crippen MR) is 62.2 cm³/mol. The van der Waals surface area contributed by atoms with Crippen molar-refractivity contribution in [2.75, 3.05) is 14.2 Å². The first-order valence-electron chi connectivity index (χ1n) is 4.84. The summed E-state index contributed by atoms with van der Waals surface area (Å²) in [6.07, 6.45) is -1.15. The van der Waals surface area contributed by atoms with Gasteiger partial charge in [0.05, 0.1) is 5.38 Å². The Bertz CT molecular complexity index is 188. The average molecular weight is 257 g/mol. The van der Waals surface area contributed by atoms with Crippen molar-refractivity contribution in [2.45, 2.75) is 38.9 Å². The lowest BCUT2D eigenvalue weighted by Gasteiger charge is -2.32. The number of hydrogen-bond donors (Lipinski definition) is 2. The van der Waals surface area contributed by atoms with E-state index in [1.807, 2.05) is 0 Å². The van der Waals surface area contributed by atoms with Gasteiger partial charge in [-0.2, -0.15) is 0 Å². The summed E-state index contributed by atoms with van der Waals surface area (Å²) in [6.45, 7) is 6.32. The van der Waals surface area contributed by atoms with E-state index in [2.05, 4.69) is 20.8 Å². The minimum atomic E-state index is -1.83. The summed E-state index contributed by atoms with van der Waals surface area (Å²) >= 11 is 6.19. The highest BCUT2D eigenvalue weighted by molar-refractivity contribution is 6.21. The largest absolute Gasteiger partial charge is 0.503 e. The number of alkyl halides is 1. The molecule has 5 nitrogen and oxygen atoms in total. The molecule has 0 radical (unpaired) electrons. The molecule has 0 amide bonds. The van der Waals surface area contributed by atoms with E-state index in [0.717, 1.165) is 6.42 Å². The van der Waals surface area contributed by atoms with Crippen LogP contribution in [0.3, 0.4) is 0 Å². The van der Waals surface area contributed by atoms with Crippen molar-refractivity contribution in [3.05, 3.63) is 0 Å². The smallest absolute Gasteiger partial charge is 0.450 e. The molecule has 0 aliphatic rings. The molecule has 0 aromatic heterocycles. The Hall–Kier alpha value is -0.520. The monoisotopic (exact) mass is 256 g/mol. The maximum atomic E-state index is 8.56. The third-order valence-corrected chi connectivity index (χ3v) is 3.16. The third kappa shape index (κ3) is 7.73. The SMILES string of the molecule is CCC(C)(C)C(Cl)C(OC)OC.O=C(O)O. The van der Waals surface area contributed by atoms with Crippen LogP contribution in [0.4, 0.5) is 4.79 Å². The number of ether oxygens (including phenoxy) is 2. The quantitative estimate of drug-likeness (QED) is 0.584. The molecule has 0 heterocycles. The lowest BCUT2D eigenvalue weighted by molar-refractivity contribution is -0.119. The molecule has 1 unspecified atom stereocenters. The molecule has 98 valence electrons. The van der Waals surface area contributed by atoms with Crippen molar-refractivity contribution in [1.82, 2.24) is 0 Å². The second kappa shape index (κ2) is 8.61. The van der Waals surface area contributed by atoms with Crippen LogP contribution < -0.4 is 0 Å². The van der Waals surface area contributed by atoms with Gasteiger partial charge in [0, 0.05) is 14.2 Å². The first kappa shape index (κ1) is 17.9. The number of hydrogen-bond acceptors (Lipinski definition) is 3. The normalized spacial score (nSPS) is 12.9. The Kier molecular flexibility index (Phi) is 9.61. The fourth-order valence-corrected chi connectivity index (χ4v) is 1.26. The second-order valence-corrected chi connectivity index (χ2v) is 4.34. The molecular formula is C10H21ClO5. The van der Waals surface area contributed by atoms with Crippen LogP contribution in [0.25, 0.3) is 0 Å². The molecule has 0 aliphatic carbocycles. The third-order valence-electron chi connectivity index (χ3n) is 2.36. The molecule has 0 saturated carbocycles. The van der Waals surface area contributed by atoms with Gasteiger partial charge in [0.2, 0.25) is 0 Å². The van der Waals surface area contributed by atoms with E-state index in [1.54, 1.807) is 14.2 Å². The van der Waals surface area contributed by atoms with Gasteiger partial charge in [-0.05, 0) is 11.8 Å². The molecule has 0 aromatic rings. The van der Waals surface area contributed by atoms with Crippen LogP contribution >= 0.6 is 11.6 Å². The van der Waals surface area contributed by atoms with Crippen molar-refractivity contribution in [2.24, 2.45) is 5.41 Å². The molecule has 0 fully saturated rings. The topological polar surface area (TPSA) is 76.0 Å². The maximum absolute atomic E-state index is 8.56. The zero-order chi connectivity index (χ0) is 13.4. The van der Waals surface area contributed by atoms with Gasteiger partial charge in [0.1, 0.15) is 0 Å². The number of halogens is 1. The highest BCUT2D eigenvalue weighted by Gasteiger charge is 2.33. The van der Waals surface area contributed by atoms with Gasteiger partial charge in [-0.15, -0.1) is 11.6 Å². The number of rotatable bonds is 5. The summed E-state index contributed by atoms with van der Waals surface area (Å²) in [5, 5.41) is 13.8. The Morgan fingerprint density at radius 1 is 1.31 bits per heavy atom. The number of carbonyl (C=O) groups is 1. The Morgan fingerprint density at radius 3 is 1.81 bits per heavy atom. The summed E-state index contributed by atoms with van der Waals surface area (Å²) in [6, 6.07) is 0. The molecule has 0 aliphatic heterocycles. The van der Waals surface area contributed by atoms with Gasteiger partial charge in [-0.1, -0.05) is 20.8 Å². The number of carboxylic acid groups (broad SMARTS) is 2. The summed E-state index contributed by atoms with van der Waals surface area (Å²) in [5.41, 5.74) is 0.0399. The summed E-state index contributed by atoms with van der Waals surface area (Å²) in [5.74, 6) is 0. The standard InChI is InChI=1S/C9H19ClO2.CH2O3/c1-6-9(2,3)7(10)8(11-4)12-5;2-1(3)4/h7-8H,6H2,1-5H3;(H2,2,3,4). The molecule has 16 heavy (non-hydrogen) atoms. The number of methoxy groups -OCH3 is 2. The van der Waals surface area contributed by atoms with Crippen molar-refractivity contribution in [3.63, 3.8) is 0 Å². The van der Waals surface area contributed by atoms with Crippen molar-refractivity contribution in [3.8, 4) is 0 Å². The van der Waals surface area contributed by atoms with Crippen LogP contribution in [0.1, 0.15) is 27.2 Å². The molecule has 0 rings (SSSR count). The van der Waals surface area contributed by atoms with Crippen LogP contribution in [0.15, 0.2) is 0 Å². The highest BCUT2D eigenvalue weighted by Crippen LogP contribution is 2.32. The van der Waals surface area contributed by atoms with Crippen LogP contribution in [0.2, 0.25) is 0 Å². The van der Waals surface area contributed by atoms with Gasteiger partial charge in [0.25, 0.3) is 0 Å². The molecule has 1 atom stereocenters. The van der Waals surface area contributed by atoms with E-state index in [-0.39, 0.29) is 17.1 Å². The lowest BCUT2D eigenvalue weighted by atomic mass is 9.86. The minimum absolute atomic E-state index is 0.0399. The van der Waals surface area contributed by atoms with E-state index in [0.29, 0.717) is 0 Å². The fraction of sp³-hybridized carbons (Fsp3) is 0.900. The first-order chi connectivity index (χ1) is 7.22. The molecule has 2 N–H and O–H groups in total. The molecule has 0 aromatic carbocycles. The second-order valence-electron chi connectivity index (χ2n) is 3.87. The van der Waals surface area contributed by atoms with E-state index < -0.39 is 6.16 Å². The lowest BCUT2D eigenvalue weighted by Crippen LogP contribution is -2.37. The zero-order valence-corrected chi connectivity index (χ0v) is 11.1. The van der Waals surface area contributed by atoms with E-state index >= 15 is 0 Å². The maximum Gasteiger partial charge on any atom is 0.503 e. The minimum Gasteiger partial charge on any atom is -0.450 e. The molecule has 6 heteroatoms. The summed E-state index contributed by atoms with van der Waals surface area (Å²) in [7, 11) is 3.21. The highest BCUT2D eigenvalue weighted by atomic mass is 35.5. The van der Waals surface area contributed by atoms with Gasteiger partial charge >= 0.3 is 6.16 Å². The van der Waals surface area contributed by atoms with Gasteiger partial charge in [-0.3, -0.25) is 0 Å². The van der Waals surface area contributed by atoms with Crippen LogP contribution in [0.5, 0.6) is 0 Å². The summed E-state index contributed by atoms with van der Waals surface area (Å²) < 4.78 is 10.2. The van der Waals surface area contributed by atoms with Crippen molar-refractivity contribution >= 4 is 17.8 Å².